The molecule has 2 heterocycles. The molecule has 122 valence electrons. The zero-order valence-electron chi connectivity index (χ0n) is 13.5. The summed E-state index contributed by atoms with van der Waals surface area (Å²) in [4.78, 5) is 15.2. The maximum absolute atomic E-state index is 13.0. The van der Waals surface area contributed by atoms with E-state index in [-0.39, 0.29) is 11.7 Å². The second-order valence-corrected chi connectivity index (χ2v) is 7.41. The zero-order chi connectivity index (χ0) is 16.4. The molecule has 0 spiro atoms. The average molecular weight is 333 g/mol. The number of rotatable bonds is 4. The predicted molar refractivity (Wildman–Crippen MR) is 91.8 cm³/mol. The quantitative estimate of drug-likeness (QED) is 0.886. The van der Waals surface area contributed by atoms with Crippen molar-refractivity contribution >= 4 is 22.2 Å². The molecular weight excluding hydrogens is 311 g/mol. The van der Waals surface area contributed by atoms with E-state index in [4.69, 9.17) is 0 Å². The van der Waals surface area contributed by atoms with Gasteiger partial charge in [0, 0.05) is 28.8 Å². The fourth-order valence-corrected chi connectivity index (χ4v) is 4.14. The van der Waals surface area contributed by atoms with Gasteiger partial charge in [-0.25, -0.2) is 4.39 Å². The molecule has 0 bridgehead atoms. The topological polar surface area (TPSA) is 33.5 Å². The van der Waals surface area contributed by atoms with Gasteiger partial charge >= 0.3 is 0 Å². The molecular formula is C18H22FN2OS+. The van der Waals surface area contributed by atoms with E-state index in [9.17, 15) is 9.18 Å². The SMILES string of the molecule is Cc1sc(NC(=O)c2ccc(F)cc2)c(C[NH+]2CCCC2)c1C. The molecule has 3 nitrogen and oxygen atoms in total. The molecule has 1 saturated heterocycles. The van der Waals surface area contributed by atoms with Crippen LogP contribution in [-0.4, -0.2) is 19.0 Å². The molecule has 2 N–H and O–H groups in total. The van der Waals surface area contributed by atoms with Crippen LogP contribution in [-0.2, 0) is 6.54 Å². The third-order valence-corrected chi connectivity index (χ3v) is 5.75. The first-order chi connectivity index (χ1) is 11.0. The molecule has 0 aliphatic carbocycles. The van der Waals surface area contributed by atoms with Gasteiger partial charge in [-0.1, -0.05) is 0 Å². The number of hydrogen-bond donors (Lipinski definition) is 2. The number of quaternary nitrogens is 1. The highest BCUT2D eigenvalue weighted by Crippen LogP contribution is 2.32. The van der Waals surface area contributed by atoms with Gasteiger partial charge < -0.3 is 10.2 Å². The van der Waals surface area contributed by atoms with E-state index in [0.717, 1.165) is 11.5 Å². The van der Waals surface area contributed by atoms with E-state index in [1.165, 1.54) is 66.2 Å². The lowest BCUT2D eigenvalue weighted by molar-refractivity contribution is -0.901. The highest BCUT2D eigenvalue weighted by Gasteiger charge is 2.22. The van der Waals surface area contributed by atoms with Gasteiger partial charge in [-0.15, -0.1) is 11.3 Å². The van der Waals surface area contributed by atoms with Crippen LogP contribution in [0.3, 0.4) is 0 Å². The van der Waals surface area contributed by atoms with Crippen LogP contribution in [0.2, 0.25) is 0 Å². The number of anilines is 1. The normalized spacial score (nSPS) is 15.1. The number of halogens is 1. The first-order valence-electron chi connectivity index (χ1n) is 8.04. The van der Waals surface area contributed by atoms with Crippen LogP contribution in [0, 0.1) is 19.7 Å². The number of thiophene rings is 1. The van der Waals surface area contributed by atoms with Gasteiger partial charge in [0.15, 0.2) is 0 Å². The highest BCUT2D eigenvalue weighted by atomic mass is 32.1. The number of benzene rings is 1. The van der Waals surface area contributed by atoms with E-state index in [0.29, 0.717) is 5.56 Å². The predicted octanol–water partition coefficient (Wildman–Crippen LogP) is 2.94. The van der Waals surface area contributed by atoms with Crippen LogP contribution in [0.5, 0.6) is 0 Å². The minimum absolute atomic E-state index is 0.177. The first kappa shape index (κ1) is 16.1. The van der Waals surface area contributed by atoms with E-state index in [2.05, 4.69) is 19.2 Å². The summed E-state index contributed by atoms with van der Waals surface area (Å²) in [5, 5.41) is 3.96. The number of likely N-dealkylation sites (tertiary alicyclic amines) is 1. The van der Waals surface area contributed by atoms with Gasteiger partial charge in [0.2, 0.25) is 0 Å². The van der Waals surface area contributed by atoms with Crippen LogP contribution in [0.15, 0.2) is 24.3 Å². The Morgan fingerprint density at radius 3 is 2.52 bits per heavy atom. The molecule has 5 heteroatoms. The molecule has 1 aliphatic heterocycles. The summed E-state index contributed by atoms with van der Waals surface area (Å²) in [5.74, 6) is -0.508. The Kier molecular flexibility index (Phi) is 4.78. The lowest BCUT2D eigenvalue weighted by Crippen LogP contribution is -3.08. The summed E-state index contributed by atoms with van der Waals surface area (Å²) in [6.07, 6.45) is 2.57. The minimum atomic E-state index is -0.331. The molecule has 1 aromatic heterocycles. The number of hydrogen-bond acceptors (Lipinski definition) is 2. The molecule has 1 amide bonds. The number of carbonyl (C=O) groups excluding carboxylic acids is 1. The molecule has 3 rings (SSSR count). The summed E-state index contributed by atoms with van der Waals surface area (Å²) >= 11 is 1.63. The third-order valence-electron chi connectivity index (χ3n) is 4.58. The standard InChI is InChI=1S/C18H21FN2OS/c1-12-13(2)23-18(16(12)11-21-9-3-4-10-21)20-17(22)14-5-7-15(19)8-6-14/h5-8H,3-4,9-11H2,1-2H3,(H,20,22)/p+1. The van der Waals surface area contributed by atoms with Crippen LogP contribution >= 0.6 is 11.3 Å². The largest absolute Gasteiger partial charge is 0.331 e. The van der Waals surface area contributed by atoms with Gasteiger partial charge in [0.1, 0.15) is 17.4 Å². The lowest BCUT2D eigenvalue weighted by atomic mass is 10.1. The Balaban J connectivity index is 1.80. The minimum Gasteiger partial charge on any atom is -0.331 e. The zero-order valence-corrected chi connectivity index (χ0v) is 14.4. The van der Waals surface area contributed by atoms with Crippen molar-refractivity contribution in [3.8, 4) is 0 Å². The van der Waals surface area contributed by atoms with Crippen molar-refractivity contribution in [3.05, 3.63) is 51.7 Å². The van der Waals surface area contributed by atoms with Crippen LogP contribution < -0.4 is 10.2 Å². The summed E-state index contributed by atoms with van der Waals surface area (Å²) < 4.78 is 13.0. The molecule has 2 aromatic rings. The number of carbonyl (C=O) groups is 1. The maximum atomic E-state index is 13.0. The summed E-state index contributed by atoms with van der Waals surface area (Å²) in [7, 11) is 0. The molecule has 0 saturated carbocycles. The van der Waals surface area contributed by atoms with Crippen molar-refractivity contribution in [1.29, 1.82) is 0 Å². The highest BCUT2D eigenvalue weighted by molar-refractivity contribution is 7.16. The Labute approximate surface area is 140 Å². The molecule has 23 heavy (non-hydrogen) atoms. The first-order valence-corrected chi connectivity index (χ1v) is 8.85. The molecule has 0 unspecified atom stereocenters. The van der Waals surface area contributed by atoms with E-state index in [1.54, 1.807) is 16.2 Å². The van der Waals surface area contributed by atoms with Crippen LogP contribution in [0.1, 0.15) is 39.2 Å². The molecule has 1 aliphatic rings. The Morgan fingerprint density at radius 2 is 1.87 bits per heavy atom. The van der Waals surface area contributed by atoms with Crippen molar-refractivity contribution in [2.75, 3.05) is 18.4 Å². The van der Waals surface area contributed by atoms with Crippen LogP contribution in [0.25, 0.3) is 0 Å². The Bertz CT molecular complexity index is 703. The second kappa shape index (κ2) is 6.81. The molecule has 1 aromatic carbocycles. The lowest BCUT2D eigenvalue weighted by Gasteiger charge is -2.14. The van der Waals surface area contributed by atoms with Crippen molar-refractivity contribution in [2.45, 2.75) is 33.2 Å². The summed E-state index contributed by atoms with van der Waals surface area (Å²) in [6, 6.07) is 5.66. The fraction of sp³-hybridized carbons (Fsp3) is 0.389. The van der Waals surface area contributed by atoms with Crippen molar-refractivity contribution in [1.82, 2.24) is 0 Å². The average Bonchev–Trinajstić information content (AvgIpc) is 3.12. The fourth-order valence-electron chi connectivity index (χ4n) is 3.07. The second-order valence-electron chi connectivity index (χ2n) is 6.19. The number of nitrogens with one attached hydrogen (secondary N) is 2. The van der Waals surface area contributed by atoms with Crippen molar-refractivity contribution < 1.29 is 14.1 Å². The van der Waals surface area contributed by atoms with Gasteiger partial charge in [-0.05, 0) is 43.7 Å². The van der Waals surface area contributed by atoms with E-state index in [1.807, 2.05) is 0 Å². The van der Waals surface area contributed by atoms with Gasteiger partial charge in [-0.3, -0.25) is 4.79 Å². The van der Waals surface area contributed by atoms with Gasteiger partial charge in [0.25, 0.3) is 5.91 Å². The summed E-state index contributed by atoms with van der Waals surface area (Å²) in [6.45, 7) is 7.61. The van der Waals surface area contributed by atoms with Crippen LogP contribution in [0.4, 0.5) is 9.39 Å². The van der Waals surface area contributed by atoms with E-state index >= 15 is 0 Å². The maximum Gasteiger partial charge on any atom is 0.256 e. The van der Waals surface area contributed by atoms with Crippen molar-refractivity contribution in [2.24, 2.45) is 0 Å². The third kappa shape index (κ3) is 3.62. The Morgan fingerprint density at radius 1 is 1.22 bits per heavy atom. The number of amides is 1. The van der Waals surface area contributed by atoms with Gasteiger partial charge in [0.05, 0.1) is 13.1 Å². The Hall–Kier alpha value is -1.72. The molecule has 0 atom stereocenters. The smallest absolute Gasteiger partial charge is 0.256 e. The number of aryl methyl sites for hydroxylation is 1. The molecule has 0 radical (unpaired) electrons. The summed E-state index contributed by atoms with van der Waals surface area (Å²) in [5.41, 5.74) is 3.01. The van der Waals surface area contributed by atoms with E-state index < -0.39 is 0 Å². The monoisotopic (exact) mass is 333 g/mol. The van der Waals surface area contributed by atoms with Crippen molar-refractivity contribution in [3.63, 3.8) is 0 Å². The molecule has 1 fully saturated rings. The van der Waals surface area contributed by atoms with Gasteiger partial charge in [-0.2, -0.15) is 0 Å².